The van der Waals surface area contributed by atoms with Crippen LogP contribution >= 0.6 is 0 Å². The standard InChI is InChI=1S/C19H19NO4/c1-12-6-5-8-15(18(12)22)19(23)24-11-17(21)20-13(2)10-14-7-3-4-9-16(14)20/h3-9,13,22H,10-11H2,1-2H3. The van der Waals surface area contributed by atoms with Crippen molar-refractivity contribution in [2.45, 2.75) is 26.3 Å². The van der Waals surface area contributed by atoms with Crippen LogP contribution in [-0.2, 0) is 16.0 Å². The topological polar surface area (TPSA) is 66.8 Å². The minimum atomic E-state index is -0.704. The zero-order chi connectivity index (χ0) is 17.3. The van der Waals surface area contributed by atoms with Crippen LogP contribution in [0.15, 0.2) is 42.5 Å². The Hall–Kier alpha value is -2.82. The molecule has 1 aliphatic rings. The Morgan fingerprint density at radius 2 is 1.96 bits per heavy atom. The molecule has 1 amide bonds. The van der Waals surface area contributed by atoms with Crippen molar-refractivity contribution in [3.05, 3.63) is 59.2 Å². The molecule has 0 bridgehead atoms. The number of hydrogen-bond donors (Lipinski definition) is 1. The average Bonchev–Trinajstić information content (AvgIpc) is 2.90. The number of amides is 1. The van der Waals surface area contributed by atoms with E-state index in [1.807, 2.05) is 31.2 Å². The third-order valence-corrected chi connectivity index (χ3v) is 4.26. The van der Waals surface area contributed by atoms with E-state index >= 15 is 0 Å². The third kappa shape index (κ3) is 2.85. The van der Waals surface area contributed by atoms with Crippen LogP contribution in [0.4, 0.5) is 5.69 Å². The number of aromatic hydroxyl groups is 1. The summed E-state index contributed by atoms with van der Waals surface area (Å²) in [5.74, 6) is -1.09. The van der Waals surface area contributed by atoms with Gasteiger partial charge in [0.2, 0.25) is 0 Å². The molecule has 5 nitrogen and oxygen atoms in total. The molecule has 0 fully saturated rings. The van der Waals surface area contributed by atoms with Crippen LogP contribution < -0.4 is 4.90 Å². The number of carbonyl (C=O) groups excluding carboxylic acids is 2. The number of anilines is 1. The largest absolute Gasteiger partial charge is 0.507 e. The van der Waals surface area contributed by atoms with Crippen LogP contribution in [-0.4, -0.2) is 29.6 Å². The van der Waals surface area contributed by atoms with Gasteiger partial charge in [0.15, 0.2) is 6.61 Å². The number of ether oxygens (including phenoxy) is 1. The number of phenolic OH excluding ortho intramolecular Hbond substituents is 1. The lowest BCUT2D eigenvalue weighted by Crippen LogP contribution is -2.38. The van der Waals surface area contributed by atoms with E-state index in [1.165, 1.54) is 6.07 Å². The molecule has 1 N–H and O–H groups in total. The molecule has 24 heavy (non-hydrogen) atoms. The third-order valence-electron chi connectivity index (χ3n) is 4.26. The van der Waals surface area contributed by atoms with Crippen molar-refractivity contribution in [1.82, 2.24) is 0 Å². The van der Waals surface area contributed by atoms with Gasteiger partial charge in [-0.05, 0) is 43.5 Å². The van der Waals surface area contributed by atoms with E-state index < -0.39 is 5.97 Å². The summed E-state index contributed by atoms with van der Waals surface area (Å²) in [7, 11) is 0. The van der Waals surface area contributed by atoms with Crippen molar-refractivity contribution in [2.75, 3.05) is 11.5 Å². The lowest BCUT2D eigenvalue weighted by Gasteiger charge is -2.22. The molecule has 2 aromatic carbocycles. The number of esters is 1. The van der Waals surface area contributed by atoms with E-state index in [0.717, 1.165) is 17.7 Å². The summed E-state index contributed by atoms with van der Waals surface area (Å²) in [6.07, 6.45) is 0.786. The zero-order valence-electron chi connectivity index (χ0n) is 13.7. The summed E-state index contributed by atoms with van der Waals surface area (Å²) in [6, 6.07) is 12.6. The molecule has 2 aromatic rings. The van der Waals surface area contributed by atoms with Gasteiger partial charge < -0.3 is 14.7 Å². The summed E-state index contributed by atoms with van der Waals surface area (Å²) < 4.78 is 5.11. The van der Waals surface area contributed by atoms with Crippen molar-refractivity contribution in [3.8, 4) is 5.75 Å². The van der Waals surface area contributed by atoms with Gasteiger partial charge in [-0.2, -0.15) is 0 Å². The highest BCUT2D eigenvalue weighted by atomic mass is 16.5. The normalized spacial score (nSPS) is 15.9. The molecule has 1 heterocycles. The van der Waals surface area contributed by atoms with Crippen LogP contribution in [0.3, 0.4) is 0 Å². The molecular formula is C19H19NO4. The molecule has 0 radical (unpaired) electrons. The quantitative estimate of drug-likeness (QED) is 0.881. The van der Waals surface area contributed by atoms with E-state index in [9.17, 15) is 14.7 Å². The number of phenols is 1. The van der Waals surface area contributed by atoms with Crippen molar-refractivity contribution in [1.29, 1.82) is 0 Å². The van der Waals surface area contributed by atoms with Gasteiger partial charge in [0.1, 0.15) is 11.3 Å². The summed E-state index contributed by atoms with van der Waals surface area (Å²) in [6.45, 7) is 3.30. The van der Waals surface area contributed by atoms with Crippen molar-refractivity contribution < 1.29 is 19.4 Å². The maximum Gasteiger partial charge on any atom is 0.342 e. The Morgan fingerprint density at radius 3 is 2.75 bits per heavy atom. The van der Waals surface area contributed by atoms with Crippen LogP contribution in [0.25, 0.3) is 0 Å². The Labute approximate surface area is 140 Å². The molecule has 3 rings (SSSR count). The number of aryl methyl sites for hydroxylation is 1. The minimum absolute atomic E-state index is 0.0287. The molecule has 0 saturated heterocycles. The predicted molar refractivity (Wildman–Crippen MR) is 90.2 cm³/mol. The van der Waals surface area contributed by atoms with Crippen molar-refractivity contribution in [2.24, 2.45) is 0 Å². The summed E-state index contributed by atoms with van der Waals surface area (Å²) in [5, 5.41) is 9.92. The molecule has 0 saturated carbocycles. The molecule has 1 aliphatic heterocycles. The number of hydrogen-bond acceptors (Lipinski definition) is 4. The SMILES string of the molecule is Cc1cccc(C(=O)OCC(=O)N2c3ccccc3CC2C)c1O. The van der Waals surface area contributed by atoms with E-state index in [1.54, 1.807) is 24.0 Å². The van der Waals surface area contributed by atoms with Crippen LogP contribution in [0.5, 0.6) is 5.75 Å². The summed E-state index contributed by atoms with van der Waals surface area (Å²) in [4.78, 5) is 26.3. The van der Waals surface area contributed by atoms with Gasteiger partial charge in [-0.3, -0.25) is 4.79 Å². The Morgan fingerprint density at radius 1 is 1.21 bits per heavy atom. The van der Waals surface area contributed by atoms with Gasteiger partial charge in [-0.1, -0.05) is 30.3 Å². The molecule has 0 spiro atoms. The Bertz CT molecular complexity index is 800. The van der Waals surface area contributed by atoms with Gasteiger partial charge in [0.05, 0.1) is 0 Å². The first-order valence-electron chi connectivity index (χ1n) is 7.84. The number of carbonyl (C=O) groups is 2. The molecular weight excluding hydrogens is 306 g/mol. The fourth-order valence-corrected chi connectivity index (χ4v) is 3.04. The van der Waals surface area contributed by atoms with Crippen LogP contribution in [0.2, 0.25) is 0 Å². The van der Waals surface area contributed by atoms with E-state index in [2.05, 4.69) is 0 Å². The molecule has 1 atom stereocenters. The number of benzene rings is 2. The molecule has 0 aromatic heterocycles. The molecule has 124 valence electrons. The van der Waals surface area contributed by atoms with Gasteiger partial charge >= 0.3 is 5.97 Å². The van der Waals surface area contributed by atoms with Gasteiger partial charge in [-0.15, -0.1) is 0 Å². The van der Waals surface area contributed by atoms with Gasteiger partial charge in [0, 0.05) is 11.7 Å². The lowest BCUT2D eigenvalue weighted by molar-refractivity contribution is -0.122. The predicted octanol–water partition coefficient (Wildman–Crippen LogP) is 2.84. The van der Waals surface area contributed by atoms with Gasteiger partial charge in [0.25, 0.3) is 5.91 Å². The maximum absolute atomic E-state index is 12.5. The first-order valence-corrected chi connectivity index (χ1v) is 7.84. The maximum atomic E-state index is 12.5. The highest BCUT2D eigenvalue weighted by molar-refractivity contribution is 5.99. The first-order chi connectivity index (χ1) is 11.5. The Balaban J connectivity index is 1.70. The van der Waals surface area contributed by atoms with Crippen molar-refractivity contribution in [3.63, 3.8) is 0 Å². The highest BCUT2D eigenvalue weighted by Gasteiger charge is 2.31. The Kier molecular flexibility index (Phi) is 4.25. The number of para-hydroxylation sites is 2. The monoisotopic (exact) mass is 325 g/mol. The first kappa shape index (κ1) is 16.1. The average molecular weight is 325 g/mol. The smallest absolute Gasteiger partial charge is 0.342 e. The van der Waals surface area contributed by atoms with E-state index in [4.69, 9.17) is 4.74 Å². The lowest BCUT2D eigenvalue weighted by atomic mass is 10.1. The number of fused-ring (bicyclic) bond motifs is 1. The van der Waals surface area contributed by atoms with Crippen LogP contribution in [0, 0.1) is 6.92 Å². The molecule has 5 heteroatoms. The van der Waals surface area contributed by atoms with E-state index in [0.29, 0.717) is 5.56 Å². The second-order valence-corrected chi connectivity index (χ2v) is 5.99. The zero-order valence-corrected chi connectivity index (χ0v) is 13.7. The summed E-state index contributed by atoms with van der Waals surface area (Å²) >= 11 is 0. The summed E-state index contributed by atoms with van der Waals surface area (Å²) in [5.41, 5.74) is 2.63. The van der Waals surface area contributed by atoms with Crippen molar-refractivity contribution >= 4 is 17.6 Å². The fourth-order valence-electron chi connectivity index (χ4n) is 3.04. The van der Waals surface area contributed by atoms with Crippen LogP contribution in [0.1, 0.15) is 28.4 Å². The molecule has 1 unspecified atom stereocenters. The second kappa shape index (κ2) is 6.35. The minimum Gasteiger partial charge on any atom is -0.507 e. The fraction of sp³-hybridized carbons (Fsp3) is 0.263. The highest BCUT2D eigenvalue weighted by Crippen LogP contribution is 2.31. The second-order valence-electron chi connectivity index (χ2n) is 5.99. The van der Waals surface area contributed by atoms with E-state index in [-0.39, 0.29) is 29.9 Å². The van der Waals surface area contributed by atoms with Gasteiger partial charge in [-0.25, -0.2) is 4.79 Å². The molecule has 0 aliphatic carbocycles. The number of rotatable bonds is 3. The number of nitrogens with zero attached hydrogens (tertiary/aromatic N) is 1.